The Balaban J connectivity index is 0. The van der Waals surface area contributed by atoms with Crippen LogP contribution in [0, 0.1) is 0 Å². The standard InChI is InChI=1S/Na.9H2O.2S/h;9*1H2;;/q+1;;;;;;;;;;2*-2. The number of rotatable bonds is 0. The third-order valence-corrected chi connectivity index (χ3v) is 0. The fourth-order valence-corrected chi connectivity index (χ4v) is 0. The van der Waals surface area contributed by atoms with Crippen molar-refractivity contribution in [2.75, 3.05) is 0 Å². The molecule has 0 atom stereocenters. The Morgan fingerprint density at radius 2 is 0.250 bits per heavy atom. The van der Waals surface area contributed by atoms with Gasteiger partial charge in [-0.05, 0) is 0 Å². The maximum absolute atomic E-state index is 0. The minimum Gasteiger partial charge on any atom is -2.00 e. The fraction of sp³-hybridized carbons (Fsp3) is 0. The molecule has 9 nitrogen and oxygen atoms in total. The zero-order valence-corrected chi connectivity index (χ0v) is 9.95. The maximum Gasteiger partial charge on any atom is 1.00 e. The molecule has 0 aromatic rings. The number of hydrogen-bond donors (Lipinski definition) is 0. The molecule has 0 saturated heterocycles. The summed E-state index contributed by atoms with van der Waals surface area (Å²) < 4.78 is 0. The van der Waals surface area contributed by atoms with Crippen LogP contribution in [-0.4, -0.2) is 49.3 Å². The summed E-state index contributed by atoms with van der Waals surface area (Å²) in [5.41, 5.74) is 0. The first kappa shape index (κ1) is 1130. The zero-order valence-electron chi connectivity index (χ0n) is 6.32. The molecule has 12 heteroatoms. The molecule has 0 unspecified atom stereocenters. The van der Waals surface area contributed by atoms with Crippen molar-refractivity contribution in [3.05, 3.63) is 0 Å². The molecule has 0 bridgehead atoms. The normalized spacial score (nSPS) is 0. The summed E-state index contributed by atoms with van der Waals surface area (Å²) in [6, 6.07) is 0. The minimum absolute atomic E-state index is 0. The first-order chi connectivity index (χ1) is 0. The van der Waals surface area contributed by atoms with E-state index in [0.29, 0.717) is 0 Å². The van der Waals surface area contributed by atoms with Crippen molar-refractivity contribution < 1.29 is 78.8 Å². The monoisotopic (exact) mass is 249 g/mol. The van der Waals surface area contributed by atoms with Crippen molar-refractivity contribution in [3.63, 3.8) is 0 Å². The predicted molar refractivity (Wildman–Crippen MR) is 47.3 cm³/mol. The van der Waals surface area contributed by atoms with Gasteiger partial charge < -0.3 is 76.3 Å². The SMILES string of the molecule is O.O.O.O.O.O.O.O.O.[Na+].[S-2].[S-2]. The van der Waals surface area contributed by atoms with Crippen molar-refractivity contribution in [2.45, 2.75) is 0 Å². The molecule has 0 heterocycles. The van der Waals surface area contributed by atoms with E-state index in [1.165, 1.54) is 0 Å². The van der Waals surface area contributed by atoms with Crippen molar-refractivity contribution in [2.24, 2.45) is 0 Å². The Kier molecular flexibility index (Phi) is 83300. The second-order valence-electron chi connectivity index (χ2n) is 0. The molecule has 88 valence electrons. The van der Waals surface area contributed by atoms with Gasteiger partial charge in [-0.3, -0.25) is 0 Å². The smallest absolute Gasteiger partial charge is 1.00 e. The van der Waals surface area contributed by atoms with Gasteiger partial charge in [0.05, 0.1) is 0 Å². The molecule has 18 N–H and O–H groups in total. The average Bonchev–Trinajstić information content (AvgIpc) is 0. The van der Waals surface area contributed by atoms with Gasteiger partial charge in [-0.25, -0.2) is 0 Å². The van der Waals surface area contributed by atoms with Crippen LogP contribution in [0.15, 0.2) is 0 Å². The van der Waals surface area contributed by atoms with E-state index >= 15 is 0 Å². The summed E-state index contributed by atoms with van der Waals surface area (Å²) in [4.78, 5) is 0. The molecule has 0 fully saturated rings. The van der Waals surface area contributed by atoms with E-state index in [4.69, 9.17) is 0 Å². The van der Waals surface area contributed by atoms with Gasteiger partial charge in [-0.2, -0.15) is 0 Å². The van der Waals surface area contributed by atoms with E-state index < -0.39 is 0 Å². The van der Waals surface area contributed by atoms with E-state index in [1.54, 1.807) is 0 Å². The molecule has 0 amide bonds. The number of hydrogen-bond acceptors (Lipinski definition) is 0. The second kappa shape index (κ2) is 884. The van der Waals surface area contributed by atoms with Crippen LogP contribution >= 0.6 is 0 Å². The van der Waals surface area contributed by atoms with Crippen LogP contribution in [0.5, 0.6) is 0 Å². The minimum atomic E-state index is 0. The van der Waals surface area contributed by atoms with Crippen LogP contribution in [0.25, 0.3) is 0 Å². The second-order valence-corrected chi connectivity index (χ2v) is 0. The summed E-state index contributed by atoms with van der Waals surface area (Å²) >= 11 is 0. The van der Waals surface area contributed by atoms with Crippen LogP contribution in [0.1, 0.15) is 0 Å². The molecule has 0 aromatic carbocycles. The van der Waals surface area contributed by atoms with Gasteiger partial charge in [0, 0.05) is 0 Å². The molecule has 0 aliphatic heterocycles. The van der Waals surface area contributed by atoms with Crippen LogP contribution < -0.4 is 29.6 Å². The van der Waals surface area contributed by atoms with Crippen molar-refractivity contribution in [3.8, 4) is 0 Å². The Morgan fingerprint density at radius 3 is 0.250 bits per heavy atom. The van der Waals surface area contributed by atoms with Crippen LogP contribution in [0.2, 0.25) is 0 Å². The molecule has 0 saturated carbocycles. The molecule has 0 radical (unpaired) electrons. The first-order valence-electron chi connectivity index (χ1n) is 0. The van der Waals surface area contributed by atoms with Crippen molar-refractivity contribution >= 4 is 27.0 Å². The van der Waals surface area contributed by atoms with Gasteiger partial charge in [-0.15, -0.1) is 0 Å². The summed E-state index contributed by atoms with van der Waals surface area (Å²) in [5.74, 6) is 0. The Labute approximate surface area is 105 Å². The molecule has 12 heavy (non-hydrogen) atoms. The summed E-state index contributed by atoms with van der Waals surface area (Å²) in [6.45, 7) is 0. The molecule has 0 spiro atoms. The van der Waals surface area contributed by atoms with Gasteiger partial charge >= 0.3 is 29.6 Å². The molecular weight excluding hydrogens is 231 g/mol. The first-order valence-corrected chi connectivity index (χ1v) is 0. The molecule has 0 aliphatic carbocycles. The zero-order chi connectivity index (χ0) is 0. The van der Waals surface area contributed by atoms with Crippen molar-refractivity contribution in [1.29, 1.82) is 0 Å². The molecule has 0 rings (SSSR count). The van der Waals surface area contributed by atoms with E-state index in [1.807, 2.05) is 0 Å². The average molecular weight is 249 g/mol. The van der Waals surface area contributed by atoms with E-state index in [2.05, 4.69) is 0 Å². The van der Waals surface area contributed by atoms with Crippen LogP contribution in [0.4, 0.5) is 0 Å². The summed E-state index contributed by atoms with van der Waals surface area (Å²) in [6.07, 6.45) is 0. The Bertz CT molecular complexity index is 12.5. The predicted octanol–water partition coefficient (Wildman–Crippen LogP) is -10.4. The molecule has 0 aromatic heterocycles. The Hall–Kier alpha value is 1.34. The molecular formula is H18NaO9S2-3. The van der Waals surface area contributed by atoms with Gasteiger partial charge in [0.2, 0.25) is 0 Å². The van der Waals surface area contributed by atoms with Gasteiger partial charge in [0.25, 0.3) is 0 Å². The van der Waals surface area contributed by atoms with E-state index in [9.17, 15) is 0 Å². The van der Waals surface area contributed by atoms with E-state index in [-0.39, 0.29) is 106 Å². The van der Waals surface area contributed by atoms with Crippen LogP contribution in [0.3, 0.4) is 0 Å². The molecule has 0 aliphatic rings. The van der Waals surface area contributed by atoms with E-state index in [0.717, 1.165) is 0 Å². The quantitative estimate of drug-likeness (QED) is 0.361. The maximum atomic E-state index is 0. The largest absolute Gasteiger partial charge is 2.00 e. The van der Waals surface area contributed by atoms with Gasteiger partial charge in [0.15, 0.2) is 0 Å². The van der Waals surface area contributed by atoms with Crippen LogP contribution in [-0.2, 0) is 27.0 Å². The third kappa shape index (κ3) is 675. The van der Waals surface area contributed by atoms with Gasteiger partial charge in [-0.1, -0.05) is 0 Å². The summed E-state index contributed by atoms with van der Waals surface area (Å²) in [5, 5.41) is 0. The summed E-state index contributed by atoms with van der Waals surface area (Å²) in [7, 11) is 0. The fourth-order valence-electron chi connectivity index (χ4n) is 0. The van der Waals surface area contributed by atoms with Crippen molar-refractivity contribution in [1.82, 2.24) is 0 Å². The Morgan fingerprint density at radius 1 is 0.250 bits per heavy atom. The van der Waals surface area contributed by atoms with Gasteiger partial charge in [0.1, 0.15) is 0 Å². The topological polar surface area (TPSA) is 284 Å². The third-order valence-electron chi connectivity index (χ3n) is 0.